The largest absolute Gasteiger partial charge is 0.394 e. The van der Waals surface area contributed by atoms with Gasteiger partial charge >= 0.3 is 0 Å². The Bertz CT molecular complexity index is 1030. The number of carbonyl (C=O) groups is 2. The van der Waals surface area contributed by atoms with Crippen molar-refractivity contribution in [2.45, 2.75) is 145 Å². The second kappa shape index (κ2) is 15.7. The summed E-state index contributed by atoms with van der Waals surface area (Å²) in [6.45, 7) is 0.586. The van der Waals surface area contributed by atoms with Crippen molar-refractivity contribution in [2.24, 2.45) is 47.2 Å². The quantitative estimate of drug-likeness (QED) is 0.190. The van der Waals surface area contributed by atoms with Gasteiger partial charge in [0.2, 0.25) is 0 Å². The van der Waals surface area contributed by atoms with Crippen molar-refractivity contribution >= 4 is 11.6 Å². The van der Waals surface area contributed by atoms with E-state index in [1.165, 1.54) is 32.1 Å². The van der Waals surface area contributed by atoms with Gasteiger partial charge in [-0.2, -0.15) is 0 Å². The standard InChI is InChI=1S/C35H58N2O9/c36-26-16-20(12-14-37-26)13-15-44-34-33(43)32(42)25(18-38)46-35(34)45-24-17-21(11-10-19-6-2-1-3-7-19)27-28(31(24)41)30(40)23-9-5-4-8-22(23)29(27)39/h19-28,31-35,37-38,41-43H,1-18,36H2/t20?,21?,22?,23?,24?,25-,26?,27?,28?,31?,32-,33+,34-,35+/m0/s1. The van der Waals surface area contributed by atoms with Gasteiger partial charge in [0.1, 0.15) is 36.0 Å². The van der Waals surface area contributed by atoms with Crippen LogP contribution in [0.1, 0.15) is 96.3 Å². The van der Waals surface area contributed by atoms with Crippen molar-refractivity contribution in [3.8, 4) is 0 Å². The van der Waals surface area contributed by atoms with E-state index in [0.29, 0.717) is 31.1 Å². The van der Waals surface area contributed by atoms with Crippen LogP contribution < -0.4 is 11.1 Å². The number of nitrogens with one attached hydrogen (secondary N) is 1. The third-order valence-electron chi connectivity index (χ3n) is 12.5. The number of aliphatic hydroxyl groups is 4. The van der Waals surface area contributed by atoms with Crippen molar-refractivity contribution in [1.82, 2.24) is 5.32 Å². The van der Waals surface area contributed by atoms with Gasteiger partial charge in [-0.1, -0.05) is 51.4 Å². The molecule has 2 aliphatic heterocycles. The number of hydrogen-bond acceptors (Lipinski definition) is 11. The molecule has 0 bridgehead atoms. The van der Waals surface area contributed by atoms with Gasteiger partial charge < -0.3 is 45.7 Å². The van der Waals surface area contributed by atoms with E-state index in [9.17, 15) is 30.0 Å². The van der Waals surface area contributed by atoms with Gasteiger partial charge in [0, 0.05) is 24.4 Å². The van der Waals surface area contributed by atoms with E-state index in [-0.39, 0.29) is 42.1 Å². The lowest BCUT2D eigenvalue weighted by Gasteiger charge is -2.52. The summed E-state index contributed by atoms with van der Waals surface area (Å²) < 4.78 is 18.6. The third kappa shape index (κ3) is 7.43. The number of piperidine rings is 1. The zero-order valence-corrected chi connectivity index (χ0v) is 27.3. The summed E-state index contributed by atoms with van der Waals surface area (Å²) in [6.07, 6.45) is 5.94. The molecule has 11 nitrogen and oxygen atoms in total. The summed E-state index contributed by atoms with van der Waals surface area (Å²) in [7, 11) is 0. The smallest absolute Gasteiger partial charge is 0.187 e. The molecule has 11 heteroatoms. The number of ketones is 2. The molecule has 6 fully saturated rings. The van der Waals surface area contributed by atoms with Crippen LogP contribution in [-0.2, 0) is 23.8 Å². The molecule has 2 heterocycles. The Balaban J connectivity index is 1.20. The van der Waals surface area contributed by atoms with Crippen LogP contribution >= 0.6 is 0 Å². The molecule has 0 aromatic heterocycles. The summed E-state index contributed by atoms with van der Waals surface area (Å²) in [5.74, 6) is -0.867. The highest BCUT2D eigenvalue weighted by Gasteiger charge is 2.59. The fourth-order valence-electron chi connectivity index (χ4n) is 9.92. The Morgan fingerprint density at radius 2 is 1.48 bits per heavy atom. The molecule has 0 radical (unpaired) electrons. The van der Waals surface area contributed by atoms with Gasteiger partial charge in [0.25, 0.3) is 0 Å². The van der Waals surface area contributed by atoms with E-state index < -0.39 is 61.4 Å². The van der Waals surface area contributed by atoms with E-state index in [2.05, 4.69) is 5.32 Å². The Hall–Kier alpha value is -1.02. The van der Waals surface area contributed by atoms with Gasteiger partial charge in [0.15, 0.2) is 6.29 Å². The number of hydrogen-bond donors (Lipinski definition) is 6. The average molecular weight is 651 g/mol. The van der Waals surface area contributed by atoms with E-state index in [0.717, 1.165) is 51.5 Å². The highest BCUT2D eigenvalue weighted by atomic mass is 16.7. The first-order valence-electron chi connectivity index (χ1n) is 18.4. The maximum atomic E-state index is 14.1. The molecule has 262 valence electrons. The normalized spacial score (nSPS) is 45.7. The summed E-state index contributed by atoms with van der Waals surface area (Å²) >= 11 is 0. The molecule has 46 heavy (non-hydrogen) atoms. The number of aliphatic hydroxyl groups excluding tert-OH is 4. The van der Waals surface area contributed by atoms with Gasteiger partial charge in [0.05, 0.1) is 30.9 Å². The topological polar surface area (TPSA) is 181 Å². The molecule has 6 rings (SSSR count). The van der Waals surface area contributed by atoms with Crippen LogP contribution in [0.2, 0.25) is 0 Å². The zero-order valence-electron chi connectivity index (χ0n) is 27.3. The molecule has 4 saturated carbocycles. The minimum absolute atomic E-state index is 0.000926. The zero-order chi connectivity index (χ0) is 32.4. The van der Waals surface area contributed by atoms with Crippen LogP contribution in [0.3, 0.4) is 0 Å². The molecule has 0 amide bonds. The lowest BCUT2D eigenvalue weighted by molar-refractivity contribution is -0.330. The van der Waals surface area contributed by atoms with E-state index >= 15 is 0 Å². The second-order valence-electron chi connectivity index (χ2n) is 15.4. The monoisotopic (exact) mass is 650 g/mol. The fraction of sp³-hybridized carbons (Fsp3) is 0.943. The highest BCUT2D eigenvalue weighted by molar-refractivity contribution is 6.00. The predicted molar refractivity (Wildman–Crippen MR) is 168 cm³/mol. The molecule has 2 saturated heterocycles. The minimum atomic E-state index is -1.39. The SMILES string of the molecule is NC1CC(CCO[C@@H]2[C@H](OC3CC(CCC4CCCCC4)C4C(=O)C5CCCCC5C(=O)C4C3O)O[C@@H](CO)[C@H](O)[C@H]2O)CCN1. The van der Waals surface area contributed by atoms with E-state index in [1.54, 1.807) is 0 Å². The number of nitrogens with two attached hydrogens (primary N) is 1. The Morgan fingerprint density at radius 3 is 2.17 bits per heavy atom. The molecule has 0 spiro atoms. The molecule has 14 atom stereocenters. The number of fused-ring (bicyclic) bond motifs is 2. The Labute approximate surface area is 273 Å². The first kappa shape index (κ1) is 34.8. The van der Waals surface area contributed by atoms with Crippen LogP contribution in [0, 0.1) is 41.4 Å². The van der Waals surface area contributed by atoms with Crippen LogP contribution in [0.5, 0.6) is 0 Å². The van der Waals surface area contributed by atoms with Gasteiger partial charge in [-0.3, -0.25) is 9.59 Å². The molecule has 0 aromatic rings. The number of Topliss-reactive ketones (excluding diaryl/α,β-unsaturated/α-hetero) is 2. The predicted octanol–water partition coefficient (Wildman–Crippen LogP) is 1.80. The van der Waals surface area contributed by atoms with Crippen LogP contribution in [0.4, 0.5) is 0 Å². The van der Waals surface area contributed by atoms with E-state index in [1.807, 2.05) is 0 Å². The third-order valence-corrected chi connectivity index (χ3v) is 12.5. The van der Waals surface area contributed by atoms with Gasteiger partial charge in [-0.25, -0.2) is 0 Å². The van der Waals surface area contributed by atoms with Crippen molar-refractivity contribution in [3.05, 3.63) is 0 Å². The fourth-order valence-corrected chi connectivity index (χ4v) is 9.92. The van der Waals surface area contributed by atoms with Crippen molar-refractivity contribution in [2.75, 3.05) is 19.8 Å². The lowest BCUT2D eigenvalue weighted by atomic mass is 9.54. The van der Waals surface area contributed by atoms with E-state index in [4.69, 9.17) is 19.9 Å². The van der Waals surface area contributed by atoms with Crippen LogP contribution in [-0.4, -0.2) is 101 Å². The lowest BCUT2D eigenvalue weighted by Crippen LogP contribution is -2.64. The average Bonchev–Trinajstić information content (AvgIpc) is 3.07. The first-order chi connectivity index (χ1) is 22.3. The Morgan fingerprint density at radius 1 is 0.783 bits per heavy atom. The van der Waals surface area contributed by atoms with Crippen molar-refractivity contribution in [3.63, 3.8) is 0 Å². The molecule has 7 N–H and O–H groups in total. The summed E-state index contributed by atoms with van der Waals surface area (Å²) in [4.78, 5) is 28.1. The summed E-state index contributed by atoms with van der Waals surface area (Å²) in [5, 5.41) is 46.8. The Kier molecular flexibility index (Phi) is 11.9. The highest BCUT2D eigenvalue weighted by Crippen LogP contribution is 2.51. The van der Waals surface area contributed by atoms with Crippen LogP contribution in [0.15, 0.2) is 0 Å². The summed E-state index contributed by atoms with van der Waals surface area (Å²) in [6, 6.07) is 0. The van der Waals surface area contributed by atoms with Crippen LogP contribution in [0.25, 0.3) is 0 Å². The maximum absolute atomic E-state index is 14.1. The molecule has 4 aliphatic carbocycles. The van der Waals surface area contributed by atoms with Crippen molar-refractivity contribution in [1.29, 1.82) is 0 Å². The molecular formula is C35H58N2O9. The molecular weight excluding hydrogens is 592 g/mol. The molecule has 0 aromatic carbocycles. The van der Waals surface area contributed by atoms with Gasteiger partial charge in [-0.15, -0.1) is 0 Å². The first-order valence-corrected chi connectivity index (χ1v) is 18.4. The van der Waals surface area contributed by atoms with Gasteiger partial charge in [-0.05, 0) is 69.2 Å². The number of ether oxygens (including phenoxy) is 3. The van der Waals surface area contributed by atoms with Crippen molar-refractivity contribution < 1.29 is 44.2 Å². The summed E-state index contributed by atoms with van der Waals surface area (Å²) in [5.41, 5.74) is 6.07. The number of carbonyl (C=O) groups excluding carboxylic acids is 2. The number of rotatable bonds is 10. The second-order valence-corrected chi connectivity index (χ2v) is 15.4. The molecule has 9 unspecified atom stereocenters. The maximum Gasteiger partial charge on any atom is 0.187 e. The molecule has 6 aliphatic rings. The minimum Gasteiger partial charge on any atom is -0.394 e.